The van der Waals surface area contributed by atoms with Crippen molar-refractivity contribution in [3.8, 4) is 0 Å². The van der Waals surface area contributed by atoms with Gasteiger partial charge in [-0.2, -0.15) is 0 Å². The topological polar surface area (TPSA) is 29.5 Å². The van der Waals surface area contributed by atoms with Crippen LogP contribution in [0.25, 0.3) is 0 Å². The summed E-state index contributed by atoms with van der Waals surface area (Å²) in [5.74, 6) is -0.396. The van der Waals surface area contributed by atoms with Crippen molar-refractivity contribution in [3.05, 3.63) is 35.6 Å². The molecule has 1 aromatic carbocycles. The van der Waals surface area contributed by atoms with Crippen LogP contribution in [0.2, 0.25) is 0 Å². The van der Waals surface area contributed by atoms with Gasteiger partial charge in [-0.25, -0.2) is 4.39 Å². The summed E-state index contributed by atoms with van der Waals surface area (Å²) in [6.45, 7) is 1.37. The fourth-order valence-corrected chi connectivity index (χ4v) is 2.14. The number of halogens is 1. The monoisotopic (exact) mass is 251 g/mol. The van der Waals surface area contributed by atoms with Crippen LogP contribution < -0.4 is 0 Å². The number of carbonyl (C=O) groups is 1. The quantitative estimate of drug-likeness (QED) is 0.819. The molecule has 18 heavy (non-hydrogen) atoms. The molecule has 0 radical (unpaired) electrons. The second-order valence-electron chi connectivity index (χ2n) is 4.68. The number of amides is 1. The third-order valence-electron chi connectivity index (χ3n) is 3.23. The van der Waals surface area contributed by atoms with Crippen LogP contribution in [0.15, 0.2) is 24.3 Å². The van der Waals surface area contributed by atoms with Gasteiger partial charge in [0.25, 0.3) is 0 Å². The fraction of sp³-hybridized carbons (Fsp3) is 0.500. The Morgan fingerprint density at radius 2 is 2.28 bits per heavy atom. The van der Waals surface area contributed by atoms with Crippen LogP contribution in [-0.4, -0.2) is 37.1 Å². The molecular weight excluding hydrogens is 233 g/mol. The number of carbonyl (C=O) groups excluding carboxylic acids is 1. The lowest BCUT2D eigenvalue weighted by Gasteiger charge is -2.21. The highest BCUT2D eigenvalue weighted by Crippen LogP contribution is 2.14. The Balaban J connectivity index is 1.89. The SMILES string of the molecule is CN(CC1CCCO1)C(=O)Cc1ccccc1F. The summed E-state index contributed by atoms with van der Waals surface area (Å²) in [5.41, 5.74) is 0.446. The molecule has 0 aromatic heterocycles. The van der Waals surface area contributed by atoms with Crippen molar-refractivity contribution in [1.29, 1.82) is 0 Å². The second kappa shape index (κ2) is 5.96. The maximum Gasteiger partial charge on any atom is 0.226 e. The van der Waals surface area contributed by atoms with Crippen molar-refractivity contribution in [1.82, 2.24) is 4.90 Å². The minimum absolute atomic E-state index is 0.0735. The Morgan fingerprint density at radius 3 is 2.94 bits per heavy atom. The lowest BCUT2D eigenvalue weighted by Crippen LogP contribution is -2.35. The lowest BCUT2D eigenvalue weighted by atomic mass is 10.1. The molecule has 0 N–H and O–H groups in total. The number of rotatable bonds is 4. The van der Waals surface area contributed by atoms with E-state index in [4.69, 9.17) is 4.74 Å². The van der Waals surface area contributed by atoms with Crippen molar-refractivity contribution in [3.63, 3.8) is 0 Å². The number of benzene rings is 1. The van der Waals surface area contributed by atoms with Gasteiger partial charge < -0.3 is 9.64 Å². The Morgan fingerprint density at radius 1 is 1.50 bits per heavy atom. The van der Waals surface area contributed by atoms with E-state index in [2.05, 4.69) is 0 Å². The van der Waals surface area contributed by atoms with Gasteiger partial charge in [-0.1, -0.05) is 18.2 Å². The molecule has 1 aromatic rings. The first-order valence-corrected chi connectivity index (χ1v) is 6.26. The van der Waals surface area contributed by atoms with E-state index in [1.165, 1.54) is 6.07 Å². The van der Waals surface area contributed by atoms with E-state index in [1.54, 1.807) is 30.1 Å². The second-order valence-corrected chi connectivity index (χ2v) is 4.68. The van der Waals surface area contributed by atoms with E-state index in [9.17, 15) is 9.18 Å². The normalized spacial score (nSPS) is 18.9. The molecule has 4 heteroatoms. The van der Waals surface area contributed by atoms with Crippen molar-refractivity contribution < 1.29 is 13.9 Å². The fourth-order valence-electron chi connectivity index (χ4n) is 2.14. The molecule has 1 amide bonds. The zero-order chi connectivity index (χ0) is 13.0. The summed E-state index contributed by atoms with van der Waals surface area (Å²) in [6.07, 6.45) is 2.30. The summed E-state index contributed by atoms with van der Waals surface area (Å²) in [4.78, 5) is 13.6. The lowest BCUT2D eigenvalue weighted by molar-refractivity contribution is -0.130. The van der Waals surface area contributed by atoms with Gasteiger partial charge in [0.2, 0.25) is 5.91 Å². The van der Waals surface area contributed by atoms with Gasteiger partial charge in [0.1, 0.15) is 5.82 Å². The van der Waals surface area contributed by atoms with Gasteiger partial charge in [-0.05, 0) is 24.5 Å². The number of hydrogen-bond donors (Lipinski definition) is 0. The first kappa shape index (κ1) is 13.0. The third-order valence-corrected chi connectivity index (χ3v) is 3.23. The molecule has 0 bridgehead atoms. The molecule has 1 atom stereocenters. The number of nitrogens with zero attached hydrogens (tertiary/aromatic N) is 1. The molecule has 1 aliphatic rings. The molecule has 1 heterocycles. The summed E-state index contributed by atoms with van der Waals surface area (Å²) in [6, 6.07) is 6.39. The standard InChI is InChI=1S/C14H18FNO2/c1-16(10-12-6-4-8-18-12)14(17)9-11-5-2-3-7-13(11)15/h2-3,5,7,12H,4,6,8-10H2,1H3. The van der Waals surface area contributed by atoms with E-state index < -0.39 is 0 Å². The summed E-state index contributed by atoms with van der Waals surface area (Å²) >= 11 is 0. The Hall–Kier alpha value is -1.42. The Bertz CT molecular complexity index is 416. The maximum absolute atomic E-state index is 13.4. The number of hydrogen-bond acceptors (Lipinski definition) is 2. The zero-order valence-corrected chi connectivity index (χ0v) is 10.6. The Labute approximate surface area is 107 Å². The molecule has 98 valence electrons. The largest absolute Gasteiger partial charge is 0.376 e. The number of ether oxygens (including phenoxy) is 1. The highest BCUT2D eigenvalue weighted by molar-refractivity contribution is 5.78. The van der Waals surface area contributed by atoms with Gasteiger partial charge in [0.15, 0.2) is 0 Å². The highest BCUT2D eigenvalue weighted by Gasteiger charge is 2.20. The van der Waals surface area contributed by atoms with Crippen LogP contribution in [-0.2, 0) is 16.0 Å². The first-order chi connectivity index (χ1) is 8.66. The molecule has 0 spiro atoms. The minimum atomic E-state index is -0.323. The summed E-state index contributed by atoms with van der Waals surface area (Å²) in [7, 11) is 1.74. The van der Waals surface area contributed by atoms with E-state index in [0.717, 1.165) is 19.4 Å². The highest BCUT2D eigenvalue weighted by atomic mass is 19.1. The predicted octanol–water partition coefficient (Wildman–Crippen LogP) is 2.01. The zero-order valence-electron chi connectivity index (χ0n) is 10.6. The van der Waals surface area contributed by atoms with Gasteiger partial charge in [0.05, 0.1) is 12.5 Å². The summed E-state index contributed by atoms with van der Waals surface area (Å²) < 4.78 is 18.9. The van der Waals surface area contributed by atoms with Crippen molar-refractivity contribution >= 4 is 5.91 Å². The Kier molecular flexibility index (Phi) is 4.31. The van der Waals surface area contributed by atoms with E-state index >= 15 is 0 Å². The predicted molar refractivity (Wildman–Crippen MR) is 66.7 cm³/mol. The van der Waals surface area contributed by atoms with Gasteiger partial charge in [0, 0.05) is 20.2 Å². The summed E-state index contributed by atoms with van der Waals surface area (Å²) in [5, 5.41) is 0. The van der Waals surface area contributed by atoms with E-state index in [1.807, 2.05) is 0 Å². The van der Waals surface area contributed by atoms with Gasteiger partial charge in [-0.15, -0.1) is 0 Å². The van der Waals surface area contributed by atoms with Gasteiger partial charge >= 0.3 is 0 Å². The smallest absolute Gasteiger partial charge is 0.226 e. The average molecular weight is 251 g/mol. The van der Waals surface area contributed by atoms with Gasteiger partial charge in [-0.3, -0.25) is 4.79 Å². The van der Waals surface area contributed by atoms with E-state index in [-0.39, 0.29) is 24.2 Å². The third kappa shape index (κ3) is 3.29. The number of likely N-dealkylation sites (N-methyl/N-ethyl adjacent to an activating group) is 1. The maximum atomic E-state index is 13.4. The molecule has 0 saturated carbocycles. The van der Waals surface area contributed by atoms with Crippen LogP contribution in [0.3, 0.4) is 0 Å². The van der Waals surface area contributed by atoms with Crippen LogP contribution >= 0.6 is 0 Å². The minimum Gasteiger partial charge on any atom is -0.376 e. The van der Waals surface area contributed by atoms with Crippen LogP contribution in [0, 0.1) is 5.82 Å². The van der Waals surface area contributed by atoms with Crippen molar-refractivity contribution in [2.24, 2.45) is 0 Å². The van der Waals surface area contributed by atoms with Crippen LogP contribution in [0.4, 0.5) is 4.39 Å². The van der Waals surface area contributed by atoms with E-state index in [0.29, 0.717) is 12.1 Å². The molecule has 1 fully saturated rings. The molecule has 3 nitrogen and oxygen atoms in total. The first-order valence-electron chi connectivity index (χ1n) is 6.26. The molecular formula is C14H18FNO2. The molecule has 1 unspecified atom stereocenters. The molecule has 1 aliphatic heterocycles. The van der Waals surface area contributed by atoms with Crippen molar-refractivity contribution in [2.75, 3.05) is 20.2 Å². The van der Waals surface area contributed by atoms with Crippen molar-refractivity contribution in [2.45, 2.75) is 25.4 Å². The molecule has 2 rings (SSSR count). The molecule has 0 aliphatic carbocycles. The van der Waals surface area contributed by atoms with Crippen LogP contribution in [0.1, 0.15) is 18.4 Å². The average Bonchev–Trinajstić information content (AvgIpc) is 2.84. The van der Waals surface area contributed by atoms with Crippen LogP contribution in [0.5, 0.6) is 0 Å². The molecule has 1 saturated heterocycles.